The van der Waals surface area contributed by atoms with Crippen molar-refractivity contribution in [3.63, 3.8) is 0 Å². The molecule has 0 saturated heterocycles. The van der Waals surface area contributed by atoms with Crippen molar-refractivity contribution in [2.75, 3.05) is 26.7 Å². The summed E-state index contributed by atoms with van der Waals surface area (Å²) in [5.41, 5.74) is 3.39. The molecule has 2 aliphatic rings. The van der Waals surface area contributed by atoms with E-state index >= 15 is 0 Å². The molecule has 4 rings (SSSR count). The number of alkyl carbamates (subject to hydrolysis) is 1. The van der Waals surface area contributed by atoms with Crippen molar-refractivity contribution in [2.45, 2.75) is 79.0 Å². The number of halogens is 1. The van der Waals surface area contributed by atoms with E-state index in [1.54, 1.807) is 25.3 Å². The largest absolute Gasteiger partial charge is 0.444 e. The topological polar surface area (TPSA) is 83.9 Å². The molecule has 0 fully saturated rings. The zero-order valence-corrected chi connectivity index (χ0v) is 26.6. The number of carbonyl (C=O) groups is 3. The molecule has 2 amide bonds. The fourth-order valence-corrected chi connectivity index (χ4v) is 6.76. The number of fused-ring (bicyclic) bond motifs is 2. The summed E-state index contributed by atoms with van der Waals surface area (Å²) in [6.07, 6.45) is 2.75. The molecule has 2 aromatic rings. The van der Waals surface area contributed by atoms with Crippen molar-refractivity contribution in [3.05, 3.63) is 40.0 Å². The van der Waals surface area contributed by atoms with Gasteiger partial charge in [0.05, 0.1) is 16.0 Å². The van der Waals surface area contributed by atoms with E-state index in [-0.39, 0.29) is 29.7 Å². The Morgan fingerprint density at radius 3 is 2.45 bits per heavy atom. The number of benzene rings is 1. The van der Waals surface area contributed by atoms with Crippen LogP contribution >= 0.6 is 15.9 Å². The Balaban J connectivity index is 1.78. The highest BCUT2D eigenvalue weighted by Crippen LogP contribution is 2.45. The predicted molar refractivity (Wildman–Crippen MR) is 162 cm³/mol. The molecule has 1 aromatic carbocycles. The standard InChI is InChI=1S/C31H43BrN4O4/c1-9-35(10-2)28(37)19-15-21-20-12-11-13-24-26(20)22(16-25(21)34(8)17-19)27(32)36(24)29(38)23(14-18(3)4)33-30(39)40-31(5,6)7/h11-13,15,18-19,23,25H,9-10,14,16-17H2,1-8H3,(H,33,39)/t19-,23+,25-/m1/s1. The number of hydrogen-bond acceptors (Lipinski definition) is 5. The van der Waals surface area contributed by atoms with Gasteiger partial charge in [0.1, 0.15) is 11.6 Å². The summed E-state index contributed by atoms with van der Waals surface area (Å²) in [6.45, 7) is 15.5. The van der Waals surface area contributed by atoms with Gasteiger partial charge in [-0.25, -0.2) is 4.79 Å². The van der Waals surface area contributed by atoms with E-state index in [0.717, 1.165) is 34.0 Å². The van der Waals surface area contributed by atoms with Crippen molar-refractivity contribution in [2.24, 2.45) is 11.8 Å². The molecule has 0 saturated carbocycles. The molecule has 40 heavy (non-hydrogen) atoms. The fraction of sp³-hybridized carbons (Fsp3) is 0.581. The molecular weight excluding hydrogens is 572 g/mol. The number of aromatic nitrogens is 1. The minimum absolute atomic E-state index is 0.104. The van der Waals surface area contributed by atoms with Gasteiger partial charge in [0.25, 0.3) is 5.91 Å². The van der Waals surface area contributed by atoms with E-state index in [1.165, 1.54) is 0 Å². The Bertz CT molecular complexity index is 1340. The van der Waals surface area contributed by atoms with Crippen LogP contribution in [0.5, 0.6) is 0 Å². The number of nitrogens with zero attached hydrogens (tertiary/aromatic N) is 3. The first-order valence-corrected chi connectivity index (χ1v) is 15.1. The Labute approximate surface area is 246 Å². The lowest BCUT2D eigenvalue weighted by atomic mass is 9.79. The lowest BCUT2D eigenvalue weighted by molar-refractivity contribution is -0.134. The van der Waals surface area contributed by atoms with E-state index in [4.69, 9.17) is 4.74 Å². The number of carbonyl (C=O) groups excluding carboxylic acids is 3. The molecule has 0 bridgehead atoms. The summed E-state index contributed by atoms with van der Waals surface area (Å²) in [6, 6.07) is 5.37. The first kappa shape index (κ1) is 30.3. The van der Waals surface area contributed by atoms with Crippen LogP contribution in [0.1, 0.15) is 70.8 Å². The summed E-state index contributed by atoms with van der Waals surface area (Å²) in [5.74, 6) is -0.0909. The first-order chi connectivity index (χ1) is 18.8. The van der Waals surface area contributed by atoms with E-state index < -0.39 is 17.7 Å². The van der Waals surface area contributed by atoms with Gasteiger partial charge >= 0.3 is 6.09 Å². The molecule has 0 unspecified atom stereocenters. The highest BCUT2D eigenvalue weighted by atomic mass is 79.9. The summed E-state index contributed by atoms with van der Waals surface area (Å²) in [4.78, 5) is 44.3. The number of ether oxygens (including phenoxy) is 1. The highest BCUT2D eigenvalue weighted by molar-refractivity contribution is 9.10. The van der Waals surface area contributed by atoms with Gasteiger partial charge in [-0.3, -0.25) is 19.1 Å². The Morgan fingerprint density at radius 1 is 1.18 bits per heavy atom. The van der Waals surface area contributed by atoms with Crippen LogP contribution in [-0.2, 0) is 16.0 Å². The van der Waals surface area contributed by atoms with Gasteiger partial charge in [0.15, 0.2) is 0 Å². The molecular formula is C31H43BrN4O4. The van der Waals surface area contributed by atoms with Gasteiger partial charge in [-0.1, -0.05) is 32.1 Å². The molecule has 2 heterocycles. The molecule has 1 aliphatic heterocycles. The van der Waals surface area contributed by atoms with Gasteiger partial charge < -0.3 is 15.0 Å². The van der Waals surface area contributed by atoms with Gasteiger partial charge in [-0.05, 0) is 99.1 Å². The van der Waals surface area contributed by atoms with Crippen LogP contribution < -0.4 is 5.32 Å². The lowest BCUT2D eigenvalue weighted by Crippen LogP contribution is -2.47. The monoisotopic (exact) mass is 614 g/mol. The molecule has 0 radical (unpaired) electrons. The smallest absolute Gasteiger partial charge is 0.408 e. The third-order valence-corrected chi connectivity index (χ3v) is 8.64. The molecule has 218 valence electrons. The Morgan fingerprint density at radius 2 is 1.85 bits per heavy atom. The van der Waals surface area contributed by atoms with Gasteiger partial charge in [0, 0.05) is 31.1 Å². The normalized spacial score (nSPS) is 19.7. The van der Waals surface area contributed by atoms with E-state index in [9.17, 15) is 14.4 Å². The summed E-state index contributed by atoms with van der Waals surface area (Å²) in [5, 5.41) is 3.86. The highest BCUT2D eigenvalue weighted by Gasteiger charge is 2.39. The second-order valence-corrected chi connectivity index (χ2v) is 13.1. The lowest BCUT2D eigenvalue weighted by Gasteiger charge is -2.40. The average Bonchev–Trinajstić information content (AvgIpc) is 3.15. The number of amides is 2. The maximum absolute atomic E-state index is 14.1. The fourth-order valence-electron chi connectivity index (χ4n) is 6.03. The summed E-state index contributed by atoms with van der Waals surface area (Å²) >= 11 is 3.78. The van der Waals surface area contributed by atoms with Gasteiger partial charge in [-0.15, -0.1) is 0 Å². The zero-order chi connectivity index (χ0) is 29.5. The van der Waals surface area contributed by atoms with Crippen molar-refractivity contribution in [1.82, 2.24) is 19.7 Å². The van der Waals surface area contributed by atoms with Crippen molar-refractivity contribution >= 4 is 50.3 Å². The first-order valence-electron chi connectivity index (χ1n) is 14.3. The number of likely N-dealkylation sites (N-methyl/N-ethyl adjacent to an activating group) is 1. The second-order valence-electron chi connectivity index (χ2n) is 12.4. The molecule has 0 spiro atoms. The number of rotatable bonds is 7. The molecule has 1 aliphatic carbocycles. The molecule has 1 aromatic heterocycles. The van der Waals surface area contributed by atoms with Gasteiger partial charge in [0.2, 0.25) is 5.91 Å². The third kappa shape index (κ3) is 5.86. The molecule has 9 heteroatoms. The van der Waals surface area contributed by atoms with Crippen LogP contribution in [0.3, 0.4) is 0 Å². The van der Waals surface area contributed by atoms with E-state index in [0.29, 0.717) is 30.7 Å². The van der Waals surface area contributed by atoms with Crippen LogP contribution in [0.25, 0.3) is 16.5 Å². The second kappa shape index (κ2) is 11.7. The van der Waals surface area contributed by atoms with Crippen LogP contribution in [0.2, 0.25) is 0 Å². The Hall–Kier alpha value is -2.65. The summed E-state index contributed by atoms with van der Waals surface area (Å²) in [7, 11) is 2.07. The quantitative estimate of drug-likeness (QED) is 0.431. The van der Waals surface area contributed by atoms with Crippen LogP contribution in [0, 0.1) is 11.8 Å². The molecule has 1 N–H and O–H groups in total. The minimum Gasteiger partial charge on any atom is -0.444 e. The van der Waals surface area contributed by atoms with Crippen LogP contribution in [0.4, 0.5) is 4.79 Å². The van der Waals surface area contributed by atoms with E-state index in [2.05, 4.69) is 45.3 Å². The number of hydrogen-bond donors (Lipinski definition) is 1. The third-order valence-electron chi connectivity index (χ3n) is 7.80. The van der Waals surface area contributed by atoms with Crippen LogP contribution in [-0.4, -0.2) is 76.6 Å². The Kier molecular flexibility index (Phi) is 8.85. The average molecular weight is 616 g/mol. The maximum Gasteiger partial charge on any atom is 0.408 e. The number of nitrogens with one attached hydrogen (secondary N) is 1. The van der Waals surface area contributed by atoms with E-state index in [1.807, 2.05) is 44.7 Å². The van der Waals surface area contributed by atoms with Crippen LogP contribution in [0.15, 0.2) is 28.9 Å². The van der Waals surface area contributed by atoms with Crippen molar-refractivity contribution < 1.29 is 19.1 Å². The van der Waals surface area contributed by atoms with Gasteiger partial charge in [-0.2, -0.15) is 0 Å². The molecule has 8 nitrogen and oxygen atoms in total. The zero-order valence-electron chi connectivity index (χ0n) is 25.0. The van der Waals surface area contributed by atoms with Crippen molar-refractivity contribution in [3.8, 4) is 0 Å². The summed E-state index contributed by atoms with van der Waals surface area (Å²) < 4.78 is 7.90. The SMILES string of the molecule is CCN(CC)C(=O)[C@@H]1C=C2c3cccc4c3c(c(Br)n4C(=O)[C@H](CC(C)C)NC(=O)OC(C)(C)C)C[C@H]2N(C)C1. The maximum atomic E-state index is 14.1. The minimum atomic E-state index is -0.751. The predicted octanol–water partition coefficient (Wildman–Crippen LogP) is 5.72. The van der Waals surface area contributed by atoms with Crippen molar-refractivity contribution in [1.29, 1.82) is 0 Å². The molecule has 3 atom stereocenters.